The van der Waals surface area contributed by atoms with Crippen LogP contribution in [0.25, 0.3) is 0 Å². The second-order valence-electron chi connectivity index (χ2n) is 6.32. The summed E-state index contributed by atoms with van der Waals surface area (Å²) in [5.74, 6) is 0.00103. The van der Waals surface area contributed by atoms with Crippen LogP contribution in [0.15, 0.2) is 53.1 Å². The third kappa shape index (κ3) is 5.92. The molecule has 0 radical (unpaired) electrons. The number of unbranched alkanes of at least 4 members (excludes halogenated alkanes) is 1. The molecule has 2 aromatic heterocycles. The average molecular weight is 416 g/mol. The molecule has 0 fully saturated rings. The third-order valence-electron chi connectivity index (χ3n) is 4.04. The van der Waals surface area contributed by atoms with Crippen molar-refractivity contribution in [3.8, 4) is 5.75 Å². The summed E-state index contributed by atoms with van der Waals surface area (Å²) in [4.78, 5) is 25.0. The third-order valence-corrected chi connectivity index (χ3v) is 5.20. The molecular formula is C21H21FN2O4S. The fraction of sp³-hybridized carbons (Fsp3) is 0.238. The largest absolute Gasteiger partial charge is 0.494 e. The number of furan rings is 1. The van der Waals surface area contributed by atoms with Gasteiger partial charge in [-0.15, -0.1) is 11.3 Å². The smallest absolute Gasteiger partial charge is 0.291 e. The number of nitrogens with one attached hydrogen (secondary N) is 2. The van der Waals surface area contributed by atoms with Gasteiger partial charge in [0.2, 0.25) is 0 Å². The van der Waals surface area contributed by atoms with Gasteiger partial charge in [-0.05, 0) is 67.8 Å². The number of amides is 2. The molecule has 1 aromatic carbocycles. The molecule has 0 spiro atoms. The van der Waals surface area contributed by atoms with E-state index in [1.54, 1.807) is 30.3 Å². The van der Waals surface area contributed by atoms with Gasteiger partial charge in [0.25, 0.3) is 11.8 Å². The highest BCUT2D eigenvalue weighted by Gasteiger charge is 2.16. The first kappa shape index (κ1) is 20.6. The Labute approximate surface area is 171 Å². The molecule has 0 atom stereocenters. The summed E-state index contributed by atoms with van der Waals surface area (Å²) in [5.41, 5.74) is 0.793. The highest BCUT2D eigenvalue weighted by molar-refractivity contribution is 7.18. The van der Waals surface area contributed by atoms with Gasteiger partial charge in [0, 0.05) is 6.54 Å². The minimum Gasteiger partial charge on any atom is -0.494 e. The van der Waals surface area contributed by atoms with Crippen LogP contribution in [0.1, 0.15) is 38.6 Å². The Morgan fingerprint density at radius 2 is 1.93 bits per heavy atom. The predicted octanol–water partition coefficient (Wildman–Crippen LogP) is 4.63. The van der Waals surface area contributed by atoms with Crippen LogP contribution in [0.5, 0.6) is 5.75 Å². The molecule has 2 amide bonds. The maximum atomic E-state index is 12.8. The fourth-order valence-electron chi connectivity index (χ4n) is 2.58. The molecule has 0 aliphatic heterocycles. The zero-order chi connectivity index (χ0) is 20.6. The second-order valence-corrected chi connectivity index (χ2v) is 7.37. The Hall–Kier alpha value is -3.13. The number of rotatable bonds is 9. The average Bonchev–Trinajstić information content (AvgIpc) is 3.36. The highest BCUT2D eigenvalue weighted by atomic mass is 32.1. The minimum absolute atomic E-state index is 0.176. The number of carbonyl (C=O) groups excluding carboxylic acids is 2. The molecule has 6 nitrogen and oxygen atoms in total. The van der Waals surface area contributed by atoms with E-state index in [4.69, 9.17) is 9.15 Å². The first-order valence-corrected chi connectivity index (χ1v) is 9.96. The van der Waals surface area contributed by atoms with E-state index in [1.165, 1.54) is 29.7 Å². The van der Waals surface area contributed by atoms with Crippen molar-refractivity contribution in [1.29, 1.82) is 0 Å². The number of thiophene rings is 1. The van der Waals surface area contributed by atoms with Crippen LogP contribution in [0.3, 0.4) is 0 Å². The first-order chi connectivity index (χ1) is 14.0. The Kier molecular flexibility index (Phi) is 7.02. The van der Waals surface area contributed by atoms with Gasteiger partial charge < -0.3 is 19.8 Å². The van der Waals surface area contributed by atoms with Crippen LogP contribution in [-0.4, -0.2) is 25.0 Å². The summed E-state index contributed by atoms with van der Waals surface area (Å²) >= 11 is 1.22. The number of benzene rings is 1. The summed E-state index contributed by atoms with van der Waals surface area (Å²) in [5, 5.41) is 6.19. The molecule has 3 aromatic rings. The van der Waals surface area contributed by atoms with Crippen LogP contribution in [0, 0.1) is 12.7 Å². The van der Waals surface area contributed by atoms with Crippen molar-refractivity contribution < 1.29 is 23.1 Å². The van der Waals surface area contributed by atoms with E-state index in [9.17, 15) is 14.0 Å². The molecule has 0 saturated heterocycles. The van der Waals surface area contributed by atoms with E-state index in [1.807, 2.05) is 6.92 Å². The van der Waals surface area contributed by atoms with Crippen molar-refractivity contribution in [2.24, 2.45) is 0 Å². The number of halogens is 1. The molecule has 29 heavy (non-hydrogen) atoms. The molecule has 2 heterocycles. The highest BCUT2D eigenvalue weighted by Crippen LogP contribution is 2.27. The molecule has 0 unspecified atom stereocenters. The number of hydrogen-bond donors (Lipinski definition) is 2. The molecule has 0 saturated carbocycles. The first-order valence-electron chi connectivity index (χ1n) is 9.15. The van der Waals surface area contributed by atoms with Crippen molar-refractivity contribution in [1.82, 2.24) is 5.32 Å². The van der Waals surface area contributed by atoms with Crippen molar-refractivity contribution >= 4 is 28.2 Å². The minimum atomic E-state index is -0.357. The molecule has 0 aliphatic rings. The molecule has 3 rings (SSSR count). The maximum Gasteiger partial charge on any atom is 0.291 e. The Bertz CT molecular complexity index is 952. The number of aryl methyl sites for hydroxylation is 1. The monoisotopic (exact) mass is 416 g/mol. The SMILES string of the molecule is Cc1cc(NC(=O)c2ccco2)sc1C(=O)NCCCCOc1ccc(F)cc1. The Morgan fingerprint density at radius 1 is 1.14 bits per heavy atom. The number of anilines is 1. The van der Waals surface area contributed by atoms with Gasteiger partial charge in [-0.25, -0.2) is 4.39 Å². The normalized spacial score (nSPS) is 10.6. The van der Waals surface area contributed by atoms with Crippen LogP contribution in [0.4, 0.5) is 9.39 Å². The summed E-state index contributed by atoms with van der Waals surface area (Å²) in [6.07, 6.45) is 2.93. The van der Waals surface area contributed by atoms with E-state index in [0.29, 0.717) is 28.8 Å². The summed E-state index contributed by atoms with van der Waals surface area (Å²) in [7, 11) is 0. The quantitative estimate of drug-likeness (QED) is 0.499. The molecule has 8 heteroatoms. The van der Waals surface area contributed by atoms with Gasteiger partial charge in [0.1, 0.15) is 11.6 Å². The van der Waals surface area contributed by atoms with Crippen LogP contribution in [-0.2, 0) is 0 Å². The number of ether oxygens (including phenoxy) is 1. The standard InChI is InChI=1S/C21H21FN2O4S/c1-14-13-18(24-20(25)17-5-4-12-28-17)29-19(14)21(26)23-10-2-3-11-27-16-8-6-15(22)7-9-16/h4-9,12-13H,2-3,10-11H2,1H3,(H,23,26)(H,24,25). The Morgan fingerprint density at radius 3 is 2.66 bits per heavy atom. The van der Waals surface area contributed by atoms with Gasteiger partial charge in [-0.2, -0.15) is 0 Å². The van der Waals surface area contributed by atoms with E-state index in [0.717, 1.165) is 18.4 Å². The molecule has 0 bridgehead atoms. The van der Waals surface area contributed by atoms with Crippen molar-refractivity contribution in [2.75, 3.05) is 18.5 Å². The zero-order valence-corrected chi connectivity index (χ0v) is 16.7. The van der Waals surface area contributed by atoms with E-state index >= 15 is 0 Å². The second kappa shape index (κ2) is 9.88. The van der Waals surface area contributed by atoms with Gasteiger partial charge >= 0.3 is 0 Å². The summed E-state index contributed by atoms with van der Waals surface area (Å²) in [6, 6.07) is 10.8. The Balaban J connectivity index is 1.39. The molecular weight excluding hydrogens is 395 g/mol. The van der Waals surface area contributed by atoms with Gasteiger partial charge in [0.05, 0.1) is 22.7 Å². The van der Waals surface area contributed by atoms with Gasteiger partial charge in [0.15, 0.2) is 5.76 Å². The molecule has 152 valence electrons. The van der Waals surface area contributed by atoms with Crippen molar-refractivity contribution in [2.45, 2.75) is 19.8 Å². The number of carbonyl (C=O) groups is 2. The molecule has 2 N–H and O–H groups in total. The number of hydrogen-bond acceptors (Lipinski definition) is 5. The summed E-state index contributed by atoms with van der Waals surface area (Å²) < 4.78 is 23.4. The topological polar surface area (TPSA) is 80.6 Å². The lowest BCUT2D eigenvalue weighted by molar-refractivity contribution is 0.0954. The van der Waals surface area contributed by atoms with Gasteiger partial charge in [-0.3, -0.25) is 9.59 Å². The van der Waals surface area contributed by atoms with Crippen LogP contribution >= 0.6 is 11.3 Å². The van der Waals surface area contributed by atoms with Crippen molar-refractivity contribution in [3.63, 3.8) is 0 Å². The van der Waals surface area contributed by atoms with Gasteiger partial charge in [-0.1, -0.05) is 0 Å². The zero-order valence-electron chi connectivity index (χ0n) is 15.9. The predicted molar refractivity (Wildman–Crippen MR) is 109 cm³/mol. The van der Waals surface area contributed by atoms with Crippen LogP contribution in [0.2, 0.25) is 0 Å². The summed E-state index contributed by atoms with van der Waals surface area (Å²) in [6.45, 7) is 2.82. The van der Waals surface area contributed by atoms with E-state index in [2.05, 4.69) is 10.6 Å². The lowest BCUT2D eigenvalue weighted by Gasteiger charge is -2.07. The van der Waals surface area contributed by atoms with E-state index in [-0.39, 0.29) is 23.4 Å². The maximum absolute atomic E-state index is 12.8. The van der Waals surface area contributed by atoms with Crippen LogP contribution < -0.4 is 15.4 Å². The van der Waals surface area contributed by atoms with E-state index < -0.39 is 0 Å². The van der Waals surface area contributed by atoms with Crippen molar-refractivity contribution in [3.05, 3.63) is 70.7 Å². The molecule has 0 aliphatic carbocycles. The fourth-order valence-corrected chi connectivity index (χ4v) is 3.56. The lowest BCUT2D eigenvalue weighted by Crippen LogP contribution is -2.24. The lowest BCUT2D eigenvalue weighted by atomic mass is 10.2.